The van der Waals surface area contributed by atoms with Gasteiger partial charge in [0.2, 0.25) is 0 Å². The third kappa shape index (κ3) is 3.81. The number of hydrogen-bond donors (Lipinski definition) is 2. The number of carbonyl (C=O) groups is 2. The Morgan fingerprint density at radius 3 is 3.00 bits per heavy atom. The van der Waals surface area contributed by atoms with Crippen LogP contribution in [0.1, 0.15) is 18.4 Å². The van der Waals surface area contributed by atoms with E-state index in [0.717, 1.165) is 23.9 Å². The molecule has 1 aromatic heterocycles. The molecule has 2 N–H and O–H groups in total. The van der Waals surface area contributed by atoms with Gasteiger partial charge in [-0.1, -0.05) is 6.07 Å². The number of ether oxygens (including phenoxy) is 1. The summed E-state index contributed by atoms with van der Waals surface area (Å²) in [6, 6.07) is 6.72. The second kappa shape index (κ2) is 7.38. The fourth-order valence-electron chi connectivity index (χ4n) is 3.14. The molecular weight excluding hydrogens is 322 g/mol. The number of fused-ring (bicyclic) bond motifs is 1. The molecule has 132 valence electrons. The first-order valence-electron chi connectivity index (χ1n) is 8.29. The number of H-pyrrole nitrogens is 1. The highest BCUT2D eigenvalue weighted by molar-refractivity contribution is 5.79. The number of carbonyl (C=O) groups excluding carboxylic acids is 2. The first kappa shape index (κ1) is 17.0. The molecule has 0 spiro atoms. The van der Waals surface area contributed by atoms with E-state index < -0.39 is 0 Å². The van der Waals surface area contributed by atoms with Gasteiger partial charge in [0.1, 0.15) is 0 Å². The number of urea groups is 1. The van der Waals surface area contributed by atoms with Crippen molar-refractivity contribution >= 4 is 22.9 Å². The predicted octanol–water partition coefficient (Wildman–Crippen LogP) is 1.62. The standard InChI is InChI=1S/C18H21N3O4/c1-25-17(23)13-3-2-8-21(11-13)18(24)20-10-12-4-5-14-15(9-12)19-7-6-16(14)22/h4-7,9,13H,2-3,8,10-11H2,1H3,(H,19,22)(H,20,24)/t13-/m0/s1. The molecule has 7 nitrogen and oxygen atoms in total. The molecule has 7 heteroatoms. The SMILES string of the molecule is COC(=O)[C@H]1CCCN(C(=O)NCc2ccc3c(=O)cc[nH]c3c2)C1. The van der Waals surface area contributed by atoms with Crippen LogP contribution in [0, 0.1) is 5.92 Å². The molecule has 0 unspecified atom stereocenters. The maximum atomic E-state index is 12.4. The molecule has 2 heterocycles. The van der Waals surface area contributed by atoms with Crippen molar-refractivity contribution in [1.29, 1.82) is 0 Å². The minimum absolute atomic E-state index is 0.0356. The van der Waals surface area contributed by atoms with E-state index in [-0.39, 0.29) is 23.3 Å². The molecule has 0 radical (unpaired) electrons. The van der Waals surface area contributed by atoms with Crippen molar-refractivity contribution in [3.8, 4) is 0 Å². The zero-order chi connectivity index (χ0) is 17.8. The largest absolute Gasteiger partial charge is 0.469 e. The van der Waals surface area contributed by atoms with Gasteiger partial charge >= 0.3 is 12.0 Å². The average molecular weight is 343 g/mol. The van der Waals surface area contributed by atoms with E-state index in [9.17, 15) is 14.4 Å². The Hall–Kier alpha value is -2.83. The third-order valence-electron chi connectivity index (χ3n) is 4.51. The van der Waals surface area contributed by atoms with Gasteiger partial charge in [0.05, 0.1) is 13.0 Å². The van der Waals surface area contributed by atoms with Crippen LogP contribution in [-0.2, 0) is 16.1 Å². The molecule has 1 saturated heterocycles. The van der Waals surface area contributed by atoms with Crippen LogP contribution in [0.5, 0.6) is 0 Å². The normalized spacial score (nSPS) is 17.3. The number of aromatic amines is 1. The van der Waals surface area contributed by atoms with Crippen molar-refractivity contribution in [2.45, 2.75) is 19.4 Å². The summed E-state index contributed by atoms with van der Waals surface area (Å²) in [6.45, 7) is 1.36. The van der Waals surface area contributed by atoms with Gasteiger partial charge in [0.25, 0.3) is 0 Å². The number of amides is 2. The molecule has 1 aromatic carbocycles. The summed E-state index contributed by atoms with van der Waals surface area (Å²) in [6.07, 6.45) is 3.13. The number of likely N-dealkylation sites (tertiary alicyclic amines) is 1. The molecule has 0 saturated carbocycles. The molecule has 0 bridgehead atoms. The Kier molecular flexibility index (Phi) is 5.02. The van der Waals surface area contributed by atoms with Crippen LogP contribution >= 0.6 is 0 Å². The quantitative estimate of drug-likeness (QED) is 0.829. The Bertz CT molecular complexity index is 846. The smallest absolute Gasteiger partial charge is 0.317 e. The van der Waals surface area contributed by atoms with E-state index in [1.807, 2.05) is 12.1 Å². The number of piperidine rings is 1. The summed E-state index contributed by atoms with van der Waals surface area (Å²) in [4.78, 5) is 40.4. The molecule has 1 fully saturated rings. The minimum atomic E-state index is -0.268. The van der Waals surface area contributed by atoms with Crippen LogP contribution in [0.2, 0.25) is 0 Å². The van der Waals surface area contributed by atoms with Gasteiger partial charge in [0.15, 0.2) is 5.43 Å². The topological polar surface area (TPSA) is 91.5 Å². The lowest BCUT2D eigenvalue weighted by Crippen LogP contribution is -2.47. The van der Waals surface area contributed by atoms with E-state index in [0.29, 0.717) is 25.0 Å². The second-order valence-corrected chi connectivity index (χ2v) is 6.19. The Balaban J connectivity index is 1.62. The van der Waals surface area contributed by atoms with Crippen LogP contribution in [0.25, 0.3) is 10.9 Å². The number of pyridine rings is 1. The maximum absolute atomic E-state index is 12.4. The highest BCUT2D eigenvalue weighted by Crippen LogP contribution is 2.18. The number of benzene rings is 1. The van der Waals surface area contributed by atoms with Gasteiger partial charge in [-0.25, -0.2) is 4.79 Å². The number of aromatic nitrogens is 1. The van der Waals surface area contributed by atoms with E-state index in [2.05, 4.69) is 10.3 Å². The number of rotatable bonds is 3. The van der Waals surface area contributed by atoms with Gasteiger partial charge in [-0.2, -0.15) is 0 Å². The molecule has 2 amide bonds. The van der Waals surface area contributed by atoms with Crippen molar-refractivity contribution in [3.63, 3.8) is 0 Å². The predicted molar refractivity (Wildman–Crippen MR) is 93.1 cm³/mol. The second-order valence-electron chi connectivity index (χ2n) is 6.19. The Morgan fingerprint density at radius 1 is 1.36 bits per heavy atom. The fraction of sp³-hybridized carbons (Fsp3) is 0.389. The van der Waals surface area contributed by atoms with E-state index in [1.165, 1.54) is 13.2 Å². The van der Waals surface area contributed by atoms with Crippen LogP contribution < -0.4 is 10.7 Å². The van der Waals surface area contributed by atoms with Gasteiger partial charge in [0, 0.05) is 42.8 Å². The van der Waals surface area contributed by atoms with E-state index >= 15 is 0 Å². The highest BCUT2D eigenvalue weighted by atomic mass is 16.5. The average Bonchev–Trinajstić information content (AvgIpc) is 2.65. The number of nitrogens with zero attached hydrogens (tertiary/aromatic N) is 1. The molecular formula is C18H21N3O4. The zero-order valence-corrected chi connectivity index (χ0v) is 14.1. The van der Waals surface area contributed by atoms with Gasteiger partial charge < -0.3 is 19.9 Å². The van der Waals surface area contributed by atoms with Crippen molar-refractivity contribution in [1.82, 2.24) is 15.2 Å². The summed E-state index contributed by atoms with van der Waals surface area (Å²) in [7, 11) is 1.37. The summed E-state index contributed by atoms with van der Waals surface area (Å²) < 4.78 is 4.77. The van der Waals surface area contributed by atoms with Crippen molar-refractivity contribution < 1.29 is 14.3 Å². The molecule has 3 rings (SSSR count). The third-order valence-corrected chi connectivity index (χ3v) is 4.51. The molecule has 1 aliphatic heterocycles. The van der Waals surface area contributed by atoms with Crippen LogP contribution in [-0.4, -0.2) is 42.1 Å². The number of nitrogens with one attached hydrogen (secondary N) is 2. The number of methoxy groups -OCH3 is 1. The lowest BCUT2D eigenvalue weighted by molar-refractivity contribution is -0.146. The minimum Gasteiger partial charge on any atom is -0.469 e. The van der Waals surface area contributed by atoms with Crippen LogP contribution in [0.3, 0.4) is 0 Å². The summed E-state index contributed by atoms with van der Waals surface area (Å²) >= 11 is 0. The molecule has 1 atom stereocenters. The van der Waals surface area contributed by atoms with Crippen molar-refractivity contribution in [2.24, 2.45) is 5.92 Å². The number of esters is 1. The fourth-order valence-corrected chi connectivity index (χ4v) is 3.14. The van der Waals surface area contributed by atoms with E-state index in [4.69, 9.17) is 4.74 Å². The summed E-state index contributed by atoms with van der Waals surface area (Å²) in [5.74, 6) is -0.522. The molecule has 2 aromatic rings. The first-order valence-corrected chi connectivity index (χ1v) is 8.29. The summed E-state index contributed by atoms with van der Waals surface area (Å²) in [5.41, 5.74) is 1.60. The van der Waals surface area contributed by atoms with Gasteiger partial charge in [-0.05, 0) is 30.5 Å². The molecule has 1 aliphatic rings. The monoisotopic (exact) mass is 343 g/mol. The molecule has 0 aliphatic carbocycles. The zero-order valence-electron chi connectivity index (χ0n) is 14.1. The highest BCUT2D eigenvalue weighted by Gasteiger charge is 2.28. The lowest BCUT2D eigenvalue weighted by atomic mass is 9.98. The van der Waals surface area contributed by atoms with Crippen molar-refractivity contribution in [3.05, 3.63) is 46.2 Å². The maximum Gasteiger partial charge on any atom is 0.317 e. The van der Waals surface area contributed by atoms with Crippen LogP contribution in [0.15, 0.2) is 35.3 Å². The summed E-state index contributed by atoms with van der Waals surface area (Å²) in [5, 5.41) is 3.49. The van der Waals surface area contributed by atoms with E-state index in [1.54, 1.807) is 17.2 Å². The molecule has 25 heavy (non-hydrogen) atoms. The van der Waals surface area contributed by atoms with Gasteiger partial charge in [-0.15, -0.1) is 0 Å². The van der Waals surface area contributed by atoms with Gasteiger partial charge in [-0.3, -0.25) is 9.59 Å². The Morgan fingerprint density at radius 2 is 2.20 bits per heavy atom. The van der Waals surface area contributed by atoms with Crippen molar-refractivity contribution in [2.75, 3.05) is 20.2 Å². The number of hydrogen-bond acceptors (Lipinski definition) is 4. The lowest BCUT2D eigenvalue weighted by Gasteiger charge is -2.31. The Labute approximate surface area is 145 Å². The first-order chi connectivity index (χ1) is 12.1. The van der Waals surface area contributed by atoms with Crippen LogP contribution in [0.4, 0.5) is 4.79 Å².